The van der Waals surface area contributed by atoms with Gasteiger partial charge in [0.05, 0.1) is 18.7 Å². The molecule has 1 heterocycles. The smallest absolute Gasteiger partial charge is 0.352 e. The number of alkyl halides is 2. The van der Waals surface area contributed by atoms with Crippen molar-refractivity contribution in [3.8, 4) is 11.8 Å². The van der Waals surface area contributed by atoms with E-state index in [9.17, 15) is 18.7 Å². The van der Waals surface area contributed by atoms with E-state index in [4.69, 9.17) is 10.00 Å². The van der Waals surface area contributed by atoms with Gasteiger partial charge in [-0.2, -0.15) is 14.0 Å². The highest BCUT2D eigenvalue weighted by atomic mass is 19.3. The van der Waals surface area contributed by atoms with Gasteiger partial charge in [0.25, 0.3) is 0 Å². The Kier molecular flexibility index (Phi) is 3.36. The first-order valence-electron chi connectivity index (χ1n) is 5.82. The van der Waals surface area contributed by atoms with Crippen LogP contribution in [0, 0.1) is 11.3 Å². The molecule has 0 spiro atoms. The number of anilines is 1. The van der Waals surface area contributed by atoms with Crippen LogP contribution in [-0.4, -0.2) is 36.2 Å². The summed E-state index contributed by atoms with van der Waals surface area (Å²) in [6, 6.07) is 4.87. The summed E-state index contributed by atoms with van der Waals surface area (Å²) in [5.41, 5.74) is 0.373. The Hall–Kier alpha value is -2.20. The van der Waals surface area contributed by atoms with E-state index in [1.165, 1.54) is 32.2 Å². The number of hydrogen-bond acceptors (Lipinski definition) is 4. The first kappa shape index (κ1) is 14.2. The van der Waals surface area contributed by atoms with Gasteiger partial charge in [0.15, 0.2) is 0 Å². The third-order valence-electron chi connectivity index (χ3n) is 3.32. The molecule has 7 heteroatoms. The molecule has 1 saturated heterocycles. The van der Waals surface area contributed by atoms with Crippen molar-refractivity contribution in [1.29, 1.82) is 5.26 Å². The van der Waals surface area contributed by atoms with Gasteiger partial charge >= 0.3 is 11.8 Å². The van der Waals surface area contributed by atoms with Gasteiger partial charge < -0.3 is 14.7 Å². The number of rotatable bonds is 2. The van der Waals surface area contributed by atoms with Crippen molar-refractivity contribution in [2.45, 2.75) is 25.0 Å². The van der Waals surface area contributed by atoms with Gasteiger partial charge in [0, 0.05) is 11.8 Å². The number of nitriles is 1. The normalized spacial score (nSPS) is 24.6. The van der Waals surface area contributed by atoms with Gasteiger partial charge in [0.1, 0.15) is 17.9 Å². The van der Waals surface area contributed by atoms with Gasteiger partial charge in [-0.1, -0.05) is 0 Å². The summed E-state index contributed by atoms with van der Waals surface area (Å²) in [5.74, 6) is -5.11. The minimum Gasteiger partial charge on any atom is -0.495 e. The standard InChI is InChI=1S/C13H12F2N2O3/c1-7-11(18)13(14,15)12(19)17(7)9-4-3-8(6-16)10(5-9)20-2/h3-5,7,11,18H,1-2H3/t7-,11+/m0/s1. The van der Waals surface area contributed by atoms with Crippen molar-refractivity contribution in [3.05, 3.63) is 23.8 Å². The zero-order valence-electron chi connectivity index (χ0n) is 10.8. The molecule has 0 aliphatic carbocycles. The number of carbonyl (C=O) groups excluding carboxylic acids is 1. The monoisotopic (exact) mass is 282 g/mol. The van der Waals surface area contributed by atoms with Crippen LogP contribution in [0.1, 0.15) is 12.5 Å². The number of aliphatic hydroxyl groups is 1. The highest BCUT2D eigenvalue weighted by Crippen LogP contribution is 2.38. The van der Waals surface area contributed by atoms with Crippen molar-refractivity contribution in [2.24, 2.45) is 0 Å². The third-order valence-corrected chi connectivity index (χ3v) is 3.32. The number of aliphatic hydroxyl groups excluding tert-OH is 1. The van der Waals surface area contributed by atoms with E-state index in [0.717, 1.165) is 4.90 Å². The van der Waals surface area contributed by atoms with Crippen LogP contribution in [0.3, 0.4) is 0 Å². The molecule has 1 fully saturated rings. The van der Waals surface area contributed by atoms with E-state index in [1.54, 1.807) is 0 Å². The van der Waals surface area contributed by atoms with Crippen LogP contribution in [0.2, 0.25) is 0 Å². The fourth-order valence-electron chi connectivity index (χ4n) is 2.19. The first-order chi connectivity index (χ1) is 9.34. The Morgan fingerprint density at radius 2 is 2.15 bits per heavy atom. The molecule has 1 amide bonds. The fourth-order valence-corrected chi connectivity index (χ4v) is 2.19. The molecule has 2 atom stereocenters. The molecule has 106 valence electrons. The molecular weight excluding hydrogens is 270 g/mol. The predicted molar refractivity (Wildman–Crippen MR) is 65.6 cm³/mol. The Morgan fingerprint density at radius 3 is 2.60 bits per heavy atom. The topological polar surface area (TPSA) is 73.6 Å². The molecule has 1 aromatic rings. The number of methoxy groups -OCH3 is 1. The van der Waals surface area contributed by atoms with Gasteiger partial charge in [0.2, 0.25) is 0 Å². The Labute approximate surface area is 114 Å². The molecule has 20 heavy (non-hydrogen) atoms. The SMILES string of the molecule is COc1cc(N2C(=O)C(F)(F)[C@H](O)[C@@H]2C)ccc1C#N. The Morgan fingerprint density at radius 1 is 1.50 bits per heavy atom. The first-order valence-corrected chi connectivity index (χ1v) is 5.82. The molecule has 2 rings (SSSR count). The summed E-state index contributed by atoms with van der Waals surface area (Å²) >= 11 is 0. The lowest BCUT2D eigenvalue weighted by Crippen LogP contribution is -2.37. The highest BCUT2D eigenvalue weighted by molar-refractivity contribution is 6.02. The van der Waals surface area contributed by atoms with Crippen molar-refractivity contribution in [3.63, 3.8) is 0 Å². The van der Waals surface area contributed by atoms with Crippen LogP contribution in [0.15, 0.2) is 18.2 Å². The molecule has 1 N–H and O–H groups in total. The summed E-state index contributed by atoms with van der Waals surface area (Å²) < 4.78 is 32.0. The average Bonchev–Trinajstić information content (AvgIpc) is 2.59. The largest absolute Gasteiger partial charge is 0.495 e. The summed E-state index contributed by atoms with van der Waals surface area (Å²) in [6.45, 7) is 1.33. The molecule has 0 unspecified atom stereocenters. The highest BCUT2D eigenvalue weighted by Gasteiger charge is 2.60. The molecule has 0 saturated carbocycles. The van der Waals surface area contributed by atoms with Gasteiger partial charge in [-0.3, -0.25) is 4.79 Å². The van der Waals surface area contributed by atoms with Crippen LogP contribution < -0.4 is 9.64 Å². The van der Waals surface area contributed by atoms with E-state index in [2.05, 4.69) is 0 Å². The maximum atomic E-state index is 13.5. The number of hydrogen-bond donors (Lipinski definition) is 1. The Balaban J connectivity index is 2.48. The molecule has 1 aromatic carbocycles. The number of ether oxygens (including phenoxy) is 1. The molecular formula is C13H12F2N2O3. The lowest BCUT2D eigenvalue weighted by atomic mass is 10.1. The van der Waals surface area contributed by atoms with E-state index >= 15 is 0 Å². The minimum absolute atomic E-state index is 0.148. The lowest BCUT2D eigenvalue weighted by Gasteiger charge is -2.22. The number of nitrogens with zero attached hydrogens (tertiary/aromatic N) is 2. The van der Waals surface area contributed by atoms with Crippen LogP contribution in [0.4, 0.5) is 14.5 Å². The molecule has 0 bridgehead atoms. The van der Waals surface area contributed by atoms with Crippen molar-refractivity contribution >= 4 is 11.6 Å². The van der Waals surface area contributed by atoms with E-state index in [1.807, 2.05) is 6.07 Å². The second-order valence-electron chi connectivity index (χ2n) is 4.48. The zero-order chi connectivity index (χ0) is 15.1. The van der Waals surface area contributed by atoms with Gasteiger partial charge in [-0.15, -0.1) is 0 Å². The van der Waals surface area contributed by atoms with Crippen LogP contribution in [-0.2, 0) is 4.79 Å². The Bertz CT molecular complexity index is 598. The maximum absolute atomic E-state index is 13.5. The summed E-state index contributed by atoms with van der Waals surface area (Å²) in [6.07, 6.45) is -2.07. The zero-order valence-corrected chi connectivity index (χ0v) is 10.8. The minimum atomic E-state index is -3.82. The van der Waals surface area contributed by atoms with Gasteiger partial charge in [-0.25, -0.2) is 0 Å². The summed E-state index contributed by atoms with van der Waals surface area (Å²) in [4.78, 5) is 12.5. The molecule has 0 aromatic heterocycles. The molecule has 1 aliphatic heterocycles. The second kappa shape index (κ2) is 4.72. The number of benzene rings is 1. The third kappa shape index (κ3) is 1.89. The second-order valence-corrected chi connectivity index (χ2v) is 4.48. The maximum Gasteiger partial charge on any atom is 0.352 e. The quantitative estimate of drug-likeness (QED) is 0.887. The van der Waals surface area contributed by atoms with Crippen molar-refractivity contribution in [1.82, 2.24) is 0 Å². The van der Waals surface area contributed by atoms with Crippen molar-refractivity contribution < 1.29 is 23.4 Å². The molecule has 1 aliphatic rings. The fraction of sp³-hybridized carbons (Fsp3) is 0.385. The van der Waals surface area contributed by atoms with Crippen LogP contribution in [0.25, 0.3) is 0 Å². The van der Waals surface area contributed by atoms with Crippen LogP contribution >= 0.6 is 0 Å². The molecule has 0 radical (unpaired) electrons. The summed E-state index contributed by atoms with van der Waals surface area (Å²) in [7, 11) is 1.33. The van der Waals surface area contributed by atoms with E-state index in [-0.39, 0.29) is 17.0 Å². The van der Waals surface area contributed by atoms with E-state index in [0.29, 0.717) is 0 Å². The number of amides is 1. The van der Waals surface area contributed by atoms with Gasteiger partial charge in [-0.05, 0) is 19.1 Å². The molecule has 5 nitrogen and oxygen atoms in total. The summed E-state index contributed by atoms with van der Waals surface area (Å²) in [5, 5.41) is 18.3. The van der Waals surface area contributed by atoms with E-state index < -0.39 is 24.0 Å². The number of carbonyl (C=O) groups is 1. The predicted octanol–water partition coefficient (Wildman–Crippen LogP) is 1.30. The van der Waals surface area contributed by atoms with Crippen LogP contribution in [0.5, 0.6) is 5.75 Å². The number of halogens is 2. The average molecular weight is 282 g/mol. The van der Waals surface area contributed by atoms with Crippen molar-refractivity contribution in [2.75, 3.05) is 12.0 Å². The lowest BCUT2D eigenvalue weighted by molar-refractivity contribution is -0.149.